The summed E-state index contributed by atoms with van der Waals surface area (Å²) in [4.78, 5) is 0. The van der Waals surface area contributed by atoms with E-state index in [0.29, 0.717) is 18.1 Å². The lowest BCUT2D eigenvalue weighted by molar-refractivity contribution is 0.0885. The van der Waals surface area contributed by atoms with Crippen LogP contribution in [0.4, 0.5) is 0 Å². The molecule has 4 atom stereocenters. The lowest BCUT2D eigenvalue weighted by Crippen LogP contribution is -2.38. The van der Waals surface area contributed by atoms with Crippen molar-refractivity contribution in [2.75, 3.05) is 0 Å². The quantitative estimate of drug-likeness (QED) is 0.912. The molecule has 2 saturated heterocycles. The van der Waals surface area contributed by atoms with Crippen molar-refractivity contribution < 1.29 is 4.74 Å². The summed E-state index contributed by atoms with van der Waals surface area (Å²) >= 11 is 6.27. The van der Waals surface area contributed by atoms with Crippen LogP contribution in [0.25, 0.3) is 0 Å². The molecule has 4 unspecified atom stereocenters. The van der Waals surface area contributed by atoms with Gasteiger partial charge >= 0.3 is 0 Å². The standard InChI is InChI=1S/C15H20ClNO/c1-9-2-3-10(13(16)6-9)7-14(17)12-8-11-4-5-15(12)18-11/h2-3,6,11-12,14-15H,4-5,7-8,17H2,1H3. The smallest absolute Gasteiger partial charge is 0.0623 e. The average molecular weight is 266 g/mol. The van der Waals surface area contributed by atoms with E-state index in [-0.39, 0.29) is 6.04 Å². The number of aryl methyl sites for hydroxylation is 1. The predicted octanol–water partition coefficient (Wildman–Crippen LogP) is 3.09. The zero-order chi connectivity index (χ0) is 12.7. The van der Waals surface area contributed by atoms with Crippen molar-refractivity contribution in [3.05, 3.63) is 34.3 Å². The minimum atomic E-state index is 0.167. The van der Waals surface area contributed by atoms with Gasteiger partial charge in [0.1, 0.15) is 0 Å². The number of nitrogens with two attached hydrogens (primary N) is 1. The molecule has 98 valence electrons. The summed E-state index contributed by atoms with van der Waals surface area (Å²) < 4.78 is 5.88. The zero-order valence-electron chi connectivity index (χ0n) is 10.7. The lowest BCUT2D eigenvalue weighted by Gasteiger charge is -2.25. The first-order valence-electron chi connectivity index (χ1n) is 6.79. The van der Waals surface area contributed by atoms with E-state index in [1.165, 1.54) is 18.4 Å². The SMILES string of the molecule is Cc1ccc(CC(N)C2CC3CCC2O3)c(Cl)c1. The molecule has 3 rings (SSSR count). The Kier molecular flexibility index (Phi) is 3.35. The molecule has 3 heteroatoms. The molecule has 0 spiro atoms. The van der Waals surface area contributed by atoms with E-state index < -0.39 is 0 Å². The largest absolute Gasteiger partial charge is 0.375 e. The highest BCUT2D eigenvalue weighted by molar-refractivity contribution is 6.31. The summed E-state index contributed by atoms with van der Waals surface area (Å²) in [6.07, 6.45) is 5.27. The molecule has 2 heterocycles. The second-order valence-electron chi connectivity index (χ2n) is 5.74. The van der Waals surface area contributed by atoms with Gasteiger partial charge in [0.05, 0.1) is 12.2 Å². The van der Waals surface area contributed by atoms with E-state index in [4.69, 9.17) is 22.1 Å². The van der Waals surface area contributed by atoms with Gasteiger partial charge in [-0.3, -0.25) is 0 Å². The van der Waals surface area contributed by atoms with Crippen LogP contribution in [0.3, 0.4) is 0 Å². The van der Waals surface area contributed by atoms with E-state index in [1.807, 2.05) is 6.07 Å². The summed E-state index contributed by atoms with van der Waals surface area (Å²) in [5.74, 6) is 0.515. The monoisotopic (exact) mass is 265 g/mol. The molecule has 2 fully saturated rings. The summed E-state index contributed by atoms with van der Waals surface area (Å²) in [5, 5.41) is 0.842. The topological polar surface area (TPSA) is 35.2 Å². The number of rotatable bonds is 3. The van der Waals surface area contributed by atoms with Crippen molar-refractivity contribution in [2.24, 2.45) is 11.7 Å². The molecule has 0 aromatic heterocycles. The van der Waals surface area contributed by atoms with E-state index in [0.717, 1.165) is 23.4 Å². The minimum Gasteiger partial charge on any atom is -0.375 e. The van der Waals surface area contributed by atoms with Gasteiger partial charge in [0.25, 0.3) is 0 Å². The Hall–Kier alpha value is -0.570. The third kappa shape index (κ3) is 2.29. The first-order valence-corrected chi connectivity index (χ1v) is 7.17. The molecule has 18 heavy (non-hydrogen) atoms. The van der Waals surface area contributed by atoms with Gasteiger partial charge in [-0.2, -0.15) is 0 Å². The van der Waals surface area contributed by atoms with E-state index in [2.05, 4.69) is 19.1 Å². The number of benzene rings is 1. The molecular weight excluding hydrogens is 246 g/mol. The molecule has 0 saturated carbocycles. The molecule has 2 bridgehead atoms. The molecule has 0 amide bonds. The first-order chi connectivity index (χ1) is 8.63. The Morgan fingerprint density at radius 1 is 1.44 bits per heavy atom. The fourth-order valence-electron chi connectivity index (χ4n) is 3.35. The average Bonchev–Trinajstić information content (AvgIpc) is 2.94. The number of ether oxygens (including phenoxy) is 1. The van der Waals surface area contributed by atoms with Crippen LogP contribution in [0.1, 0.15) is 30.4 Å². The molecule has 2 nitrogen and oxygen atoms in total. The zero-order valence-corrected chi connectivity index (χ0v) is 11.5. The van der Waals surface area contributed by atoms with E-state index >= 15 is 0 Å². The molecule has 1 aromatic rings. The van der Waals surface area contributed by atoms with E-state index in [9.17, 15) is 0 Å². The maximum atomic E-state index is 6.37. The third-order valence-corrected chi connectivity index (χ3v) is 4.72. The van der Waals surface area contributed by atoms with Crippen LogP contribution in [-0.4, -0.2) is 18.2 Å². The number of halogens is 1. The van der Waals surface area contributed by atoms with Gasteiger partial charge in [-0.25, -0.2) is 0 Å². The van der Waals surface area contributed by atoms with Crippen molar-refractivity contribution in [2.45, 2.75) is 50.9 Å². The molecule has 2 aliphatic heterocycles. The van der Waals surface area contributed by atoms with Crippen LogP contribution in [0.5, 0.6) is 0 Å². The Labute approximate surface area is 113 Å². The van der Waals surface area contributed by atoms with E-state index in [1.54, 1.807) is 0 Å². The third-order valence-electron chi connectivity index (χ3n) is 4.37. The van der Waals surface area contributed by atoms with Gasteiger partial charge in [-0.15, -0.1) is 0 Å². The summed E-state index contributed by atoms with van der Waals surface area (Å²) in [6.45, 7) is 2.05. The van der Waals surface area contributed by atoms with Crippen molar-refractivity contribution in [1.82, 2.24) is 0 Å². The second-order valence-corrected chi connectivity index (χ2v) is 6.14. The summed E-state index contributed by atoms with van der Waals surface area (Å²) in [6, 6.07) is 6.39. The molecule has 2 aliphatic rings. The number of fused-ring (bicyclic) bond motifs is 2. The van der Waals surface area contributed by atoms with Crippen molar-refractivity contribution in [3.8, 4) is 0 Å². The highest BCUT2D eigenvalue weighted by Gasteiger charge is 2.43. The number of hydrogen-bond donors (Lipinski definition) is 1. The second kappa shape index (κ2) is 4.84. The molecule has 0 aliphatic carbocycles. The highest BCUT2D eigenvalue weighted by Crippen LogP contribution is 2.40. The van der Waals surface area contributed by atoms with Gasteiger partial charge in [0.15, 0.2) is 0 Å². The highest BCUT2D eigenvalue weighted by atomic mass is 35.5. The fourth-order valence-corrected chi connectivity index (χ4v) is 3.66. The van der Waals surface area contributed by atoms with Gasteiger partial charge < -0.3 is 10.5 Å². The maximum Gasteiger partial charge on any atom is 0.0623 e. The predicted molar refractivity (Wildman–Crippen MR) is 73.9 cm³/mol. The Bertz CT molecular complexity index is 448. The van der Waals surface area contributed by atoms with Crippen LogP contribution >= 0.6 is 11.6 Å². The molecule has 2 N–H and O–H groups in total. The Morgan fingerprint density at radius 2 is 2.28 bits per heavy atom. The van der Waals surface area contributed by atoms with Crippen LogP contribution in [0.15, 0.2) is 18.2 Å². The minimum absolute atomic E-state index is 0.167. The lowest BCUT2D eigenvalue weighted by atomic mass is 9.82. The van der Waals surface area contributed by atoms with Crippen LogP contribution < -0.4 is 5.73 Å². The number of hydrogen-bond acceptors (Lipinski definition) is 2. The van der Waals surface area contributed by atoms with Gasteiger partial charge in [-0.1, -0.05) is 23.7 Å². The summed E-state index contributed by atoms with van der Waals surface area (Å²) in [7, 11) is 0. The van der Waals surface area contributed by atoms with Crippen LogP contribution in [-0.2, 0) is 11.2 Å². The Morgan fingerprint density at radius 3 is 2.89 bits per heavy atom. The molecular formula is C15H20ClNO. The molecule has 1 aromatic carbocycles. The van der Waals surface area contributed by atoms with Crippen LogP contribution in [0.2, 0.25) is 5.02 Å². The normalized spacial score (nSPS) is 31.8. The Balaban J connectivity index is 1.69. The van der Waals surface area contributed by atoms with Gasteiger partial charge in [0.2, 0.25) is 0 Å². The fraction of sp³-hybridized carbons (Fsp3) is 0.600. The van der Waals surface area contributed by atoms with Crippen LogP contribution in [0, 0.1) is 12.8 Å². The first kappa shape index (κ1) is 12.5. The summed E-state index contributed by atoms with van der Waals surface area (Å²) in [5.41, 5.74) is 8.73. The van der Waals surface area contributed by atoms with Crippen molar-refractivity contribution in [1.29, 1.82) is 0 Å². The molecule has 0 radical (unpaired) electrons. The van der Waals surface area contributed by atoms with Crippen molar-refractivity contribution in [3.63, 3.8) is 0 Å². The van der Waals surface area contributed by atoms with Gasteiger partial charge in [-0.05, 0) is 49.8 Å². The van der Waals surface area contributed by atoms with Gasteiger partial charge in [0, 0.05) is 17.0 Å². The van der Waals surface area contributed by atoms with Crippen molar-refractivity contribution >= 4 is 11.6 Å². The maximum absolute atomic E-state index is 6.37.